The molecule has 1 aliphatic carbocycles. The molecular weight excluding hydrogens is 240 g/mol. The number of rotatable bonds is 4. The first-order valence-electron chi connectivity index (χ1n) is 7.47. The standard InChI is InChI=1S/C15H22N2O2/c18-15(12-6-9-19-10-7-12)11-13-5-8-17(16-13)14-3-1-2-4-14/h5,8,12,14H,1-4,6-7,9-11H2. The maximum atomic E-state index is 12.2. The molecule has 0 bridgehead atoms. The van der Waals surface area contributed by atoms with Crippen LogP contribution in [0.2, 0.25) is 0 Å². The van der Waals surface area contributed by atoms with Crippen LogP contribution < -0.4 is 0 Å². The van der Waals surface area contributed by atoms with Crippen LogP contribution in [0.4, 0.5) is 0 Å². The van der Waals surface area contributed by atoms with Crippen LogP contribution in [0.25, 0.3) is 0 Å². The SMILES string of the molecule is O=C(Cc1ccn(C2CCCC2)n1)C1CCOCC1. The van der Waals surface area contributed by atoms with Crippen molar-refractivity contribution in [3.8, 4) is 0 Å². The van der Waals surface area contributed by atoms with Gasteiger partial charge < -0.3 is 4.74 Å². The molecule has 19 heavy (non-hydrogen) atoms. The van der Waals surface area contributed by atoms with E-state index in [0.717, 1.165) is 31.7 Å². The van der Waals surface area contributed by atoms with Crippen molar-refractivity contribution in [2.24, 2.45) is 5.92 Å². The van der Waals surface area contributed by atoms with E-state index in [-0.39, 0.29) is 5.92 Å². The van der Waals surface area contributed by atoms with Crippen LogP contribution in [0.5, 0.6) is 0 Å². The van der Waals surface area contributed by atoms with Gasteiger partial charge in [-0.1, -0.05) is 12.8 Å². The van der Waals surface area contributed by atoms with Crippen molar-refractivity contribution < 1.29 is 9.53 Å². The zero-order valence-electron chi connectivity index (χ0n) is 11.4. The maximum absolute atomic E-state index is 12.2. The molecule has 1 aromatic heterocycles. The van der Waals surface area contributed by atoms with E-state index < -0.39 is 0 Å². The van der Waals surface area contributed by atoms with Gasteiger partial charge in [-0.25, -0.2) is 0 Å². The summed E-state index contributed by atoms with van der Waals surface area (Å²) in [4.78, 5) is 12.2. The van der Waals surface area contributed by atoms with Crippen LogP contribution in [-0.4, -0.2) is 28.8 Å². The number of carbonyl (C=O) groups excluding carboxylic acids is 1. The minimum absolute atomic E-state index is 0.186. The van der Waals surface area contributed by atoms with Crippen molar-refractivity contribution in [1.29, 1.82) is 0 Å². The highest BCUT2D eigenvalue weighted by atomic mass is 16.5. The number of nitrogens with zero attached hydrogens (tertiary/aromatic N) is 2. The first-order chi connectivity index (χ1) is 9.33. The first-order valence-corrected chi connectivity index (χ1v) is 7.47. The lowest BCUT2D eigenvalue weighted by molar-refractivity contribution is -0.125. The van der Waals surface area contributed by atoms with Crippen molar-refractivity contribution in [2.75, 3.05) is 13.2 Å². The number of aromatic nitrogens is 2. The molecule has 4 nitrogen and oxygen atoms in total. The summed E-state index contributed by atoms with van der Waals surface area (Å²) in [6.07, 6.45) is 9.36. The number of carbonyl (C=O) groups is 1. The maximum Gasteiger partial charge on any atom is 0.142 e. The molecular formula is C15H22N2O2. The lowest BCUT2D eigenvalue weighted by atomic mass is 9.93. The minimum Gasteiger partial charge on any atom is -0.381 e. The predicted octanol–water partition coefficient (Wildman–Crippen LogP) is 2.54. The van der Waals surface area contributed by atoms with E-state index in [1.165, 1.54) is 25.7 Å². The van der Waals surface area contributed by atoms with Gasteiger partial charge in [0.25, 0.3) is 0 Å². The number of hydrogen-bond acceptors (Lipinski definition) is 3. The van der Waals surface area contributed by atoms with Gasteiger partial charge in [0.2, 0.25) is 0 Å². The largest absolute Gasteiger partial charge is 0.381 e. The molecule has 104 valence electrons. The normalized spacial score (nSPS) is 21.9. The summed E-state index contributed by atoms with van der Waals surface area (Å²) in [5.41, 5.74) is 0.934. The Morgan fingerprint density at radius 2 is 2.00 bits per heavy atom. The van der Waals surface area contributed by atoms with Crippen molar-refractivity contribution in [1.82, 2.24) is 9.78 Å². The number of hydrogen-bond donors (Lipinski definition) is 0. The van der Waals surface area contributed by atoms with Crippen LogP contribution in [0, 0.1) is 5.92 Å². The van der Waals surface area contributed by atoms with E-state index >= 15 is 0 Å². The van der Waals surface area contributed by atoms with Crippen LogP contribution in [0.15, 0.2) is 12.3 Å². The second-order valence-corrected chi connectivity index (χ2v) is 5.76. The lowest BCUT2D eigenvalue weighted by Crippen LogP contribution is -2.24. The molecule has 2 aliphatic rings. The predicted molar refractivity (Wildman–Crippen MR) is 72.0 cm³/mol. The van der Waals surface area contributed by atoms with Gasteiger partial charge in [-0.3, -0.25) is 9.48 Å². The minimum atomic E-state index is 0.186. The Kier molecular flexibility index (Phi) is 3.97. The zero-order chi connectivity index (χ0) is 13.1. The molecule has 0 unspecified atom stereocenters. The van der Waals surface area contributed by atoms with E-state index in [1.807, 2.05) is 12.3 Å². The summed E-state index contributed by atoms with van der Waals surface area (Å²) in [6.45, 7) is 1.46. The smallest absolute Gasteiger partial charge is 0.142 e. The number of ether oxygens (including phenoxy) is 1. The van der Waals surface area contributed by atoms with Crippen LogP contribution >= 0.6 is 0 Å². The first kappa shape index (κ1) is 12.9. The highest BCUT2D eigenvalue weighted by molar-refractivity contribution is 5.82. The third kappa shape index (κ3) is 3.06. The van der Waals surface area contributed by atoms with Crippen LogP contribution in [0.1, 0.15) is 50.3 Å². The highest BCUT2D eigenvalue weighted by Gasteiger charge is 2.23. The molecule has 0 amide bonds. The fraction of sp³-hybridized carbons (Fsp3) is 0.733. The quantitative estimate of drug-likeness (QED) is 0.837. The molecule has 0 aromatic carbocycles. The van der Waals surface area contributed by atoms with Crippen molar-refractivity contribution in [3.05, 3.63) is 18.0 Å². The van der Waals surface area contributed by atoms with E-state index in [9.17, 15) is 4.79 Å². The average molecular weight is 262 g/mol. The Balaban J connectivity index is 1.58. The van der Waals surface area contributed by atoms with Gasteiger partial charge in [0.15, 0.2) is 0 Å². The van der Waals surface area contributed by atoms with E-state index in [0.29, 0.717) is 18.2 Å². The summed E-state index contributed by atoms with van der Waals surface area (Å²) < 4.78 is 7.37. The average Bonchev–Trinajstić information content (AvgIpc) is 3.10. The van der Waals surface area contributed by atoms with Gasteiger partial charge in [0.1, 0.15) is 5.78 Å². The Hall–Kier alpha value is -1.16. The molecule has 1 saturated carbocycles. The van der Waals surface area contributed by atoms with E-state index in [4.69, 9.17) is 4.74 Å². The van der Waals surface area contributed by atoms with Crippen molar-refractivity contribution in [2.45, 2.75) is 51.0 Å². The lowest BCUT2D eigenvalue weighted by Gasteiger charge is -2.20. The molecule has 1 saturated heterocycles. The Bertz CT molecular complexity index is 429. The topological polar surface area (TPSA) is 44.1 Å². The number of Topliss-reactive ketones (excluding diaryl/α,β-unsaturated/α-hetero) is 1. The Morgan fingerprint density at radius 1 is 1.26 bits per heavy atom. The van der Waals surface area contributed by atoms with Gasteiger partial charge in [-0.2, -0.15) is 5.10 Å². The fourth-order valence-electron chi connectivity index (χ4n) is 3.19. The van der Waals surface area contributed by atoms with Crippen molar-refractivity contribution >= 4 is 5.78 Å². The summed E-state index contributed by atoms with van der Waals surface area (Å²) in [5, 5.41) is 4.59. The highest BCUT2D eigenvalue weighted by Crippen LogP contribution is 2.28. The Morgan fingerprint density at radius 3 is 2.74 bits per heavy atom. The summed E-state index contributed by atoms with van der Waals surface area (Å²) in [6, 6.07) is 2.57. The second kappa shape index (κ2) is 5.87. The second-order valence-electron chi connectivity index (χ2n) is 5.76. The van der Waals surface area contributed by atoms with Crippen LogP contribution in [-0.2, 0) is 16.0 Å². The zero-order valence-corrected chi connectivity index (χ0v) is 11.4. The van der Waals surface area contributed by atoms with Gasteiger partial charge in [-0.15, -0.1) is 0 Å². The fourth-order valence-corrected chi connectivity index (χ4v) is 3.19. The molecule has 4 heteroatoms. The Labute approximate surface area is 114 Å². The molecule has 0 N–H and O–H groups in total. The molecule has 1 aliphatic heterocycles. The summed E-state index contributed by atoms with van der Waals surface area (Å²) in [5.74, 6) is 0.519. The van der Waals surface area contributed by atoms with Gasteiger partial charge in [-0.05, 0) is 31.7 Å². The van der Waals surface area contributed by atoms with Gasteiger partial charge in [0, 0.05) is 25.3 Å². The third-order valence-corrected chi connectivity index (χ3v) is 4.39. The number of ketones is 1. The van der Waals surface area contributed by atoms with Gasteiger partial charge >= 0.3 is 0 Å². The molecule has 0 radical (unpaired) electrons. The molecule has 0 atom stereocenters. The third-order valence-electron chi connectivity index (χ3n) is 4.39. The molecule has 1 aromatic rings. The van der Waals surface area contributed by atoms with Gasteiger partial charge in [0.05, 0.1) is 18.2 Å². The molecule has 3 rings (SSSR count). The van der Waals surface area contributed by atoms with Crippen molar-refractivity contribution in [3.63, 3.8) is 0 Å². The van der Waals surface area contributed by atoms with E-state index in [2.05, 4.69) is 9.78 Å². The summed E-state index contributed by atoms with van der Waals surface area (Å²) in [7, 11) is 0. The summed E-state index contributed by atoms with van der Waals surface area (Å²) >= 11 is 0. The molecule has 0 spiro atoms. The molecule has 2 heterocycles. The van der Waals surface area contributed by atoms with E-state index in [1.54, 1.807) is 0 Å². The molecule has 2 fully saturated rings. The van der Waals surface area contributed by atoms with Crippen LogP contribution in [0.3, 0.4) is 0 Å². The monoisotopic (exact) mass is 262 g/mol.